The Labute approximate surface area is 79.2 Å². The molecule has 1 aliphatic heterocycles. The minimum atomic E-state index is 0.138. The Bertz CT molecular complexity index is 223. The molecule has 0 atom stereocenters. The van der Waals surface area contributed by atoms with Crippen LogP contribution in [0.25, 0.3) is 0 Å². The Hall–Kier alpha value is -0.900. The third-order valence-electron chi connectivity index (χ3n) is 2.07. The van der Waals surface area contributed by atoms with E-state index in [-0.39, 0.29) is 5.91 Å². The van der Waals surface area contributed by atoms with Crippen LogP contribution in [-0.2, 0) is 4.79 Å². The zero-order valence-corrected chi connectivity index (χ0v) is 8.58. The molecule has 1 rings (SSSR count). The van der Waals surface area contributed by atoms with Crippen LogP contribution >= 0.6 is 0 Å². The Morgan fingerprint density at radius 2 is 2.23 bits per heavy atom. The number of amides is 1. The summed E-state index contributed by atoms with van der Waals surface area (Å²) in [6.07, 6.45) is 1.40. The summed E-state index contributed by atoms with van der Waals surface area (Å²) in [5.74, 6) is 0.138. The highest BCUT2D eigenvalue weighted by molar-refractivity contribution is 6.04. The van der Waals surface area contributed by atoms with Crippen molar-refractivity contribution in [3.8, 4) is 0 Å². The topological polar surface area (TPSA) is 35.9 Å². The molecule has 1 amide bonds. The van der Waals surface area contributed by atoms with Gasteiger partial charge in [-0.2, -0.15) is 5.10 Å². The van der Waals surface area contributed by atoms with Crippen LogP contribution in [0.15, 0.2) is 5.10 Å². The zero-order valence-electron chi connectivity index (χ0n) is 8.58. The first-order valence-corrected chi connectivity index (χ1v) is 4.65. The third kappa shape index (κ3) is 2.81. The van der Waals surface area contributed by atoms with Crippen molar-refractivity contribution in [1.82, 2.24) is 9.91 Å². The molecule has 0 aromatic heterocycles. The van der Waals surface area contributed by atoms with Crippen molar-refractivity contribution in [2.45, 2.75) is 19.8 Å². The van der Waals surface area contributed by atoms with Gasteiger partial charge in [-0.25, -0.2) is 5.01 Å². The van der Waals surface area contributed by atoms with Gasteiger partial charge in [0.15, 0.2) is 0 Å². The molecule has 0 spiro atoms. The lowest BCUT2D eigenvalue weighted by atomic mass is 10.2. The van der Waals surface area contributed by atoms with Crippen molar-refractivity contribution in [3.63, 3.8) is 0 Å². The van der Waals surface area contributed by atoms with Gasteiger partial charge in [-0.1, -0.05) is 6.92 Å². The van der Waals surface area contributed by atoms with E-state index in [4.69, 9.17) is 0 Å². The summed E-state index contributed by atoms with van der Waals surface area (Å²) in [6, 6.07) is 0. The average Bonchev–Trinajstić information content (AvgIpc) is 2.43. The predicted octanol–water partition coefficient (Wildman–Crippen LogP) is 0.546. The number of nitrogens with zero attached hydrogens (tertiary/aromatic N) is 3. The number of hydrogen-bond acceptors (Lipinski definition) is 3. The lowest BCUT2D eigenvalue weighted by Crippen LogP contribution is -2.29. The minimum Gasteiger partial charge on any atom is -0.308 e. The van der Waals surface area contributed by atoms with Crippen molar-refractivity contribution in [3.05, 3.63) is 0 Å². The van der Waals surface area contributed by atoms with E-state index in [1.54, 1.807) is 5.01 Å². The smallest absolute Gasteiger partial charge is 0.248 e. The predicted molar refractivity (Wildman–Crippen MR) is 52.6 cm³/mol. The summed E-state index contributed by atoms with van der Waals surface area (Å²) < 4.78 is 0. The quantitative estimate of drug-likeness (QED) is 0.638. The number of rotatable bonds is 4. The summed E-state index contributed by atoms with van der Waals surface area (Å²) in [5, 5.41) is 5.82. The van der Waals surface area contributed by atoms with Gasteiger partial charge < -0.3 is 4.90 Å². The standard InChI is InChI=1S/C9H17N3O/c1-4-8-7-9(13)12(10-8)6-5-11(2)3/h4-7H2,1-3H3. The van der Waals surface area contributed by atoms with Crippen LogP contribution in [0, 0.1) is 0 Å². The van der Waals surface area contributed by atoms with Gasteiger partial charge in [0.1, 0.15) is 0 Å². The van der Waals surface area contributed by atoms with Gasteiger partial charge in [-0.3, -0.25) is 4.79 Å². The van der Waals surface area contributed by atoms with Crippen molar-refractivity contribution >= 4 is 11.6 Å². The van der Waals surface area contributed by atoms with E-state index in [1.807, 2.05) is 25.9 Å². The van der Waals surface area contributed by atoms with Gasteiger partial charge in [0.25, 0.3) is 0 Å². The molecule has 1 aliphatic rings. The molecule has 0 aliphatic carbocycles. The molecule has 0 unspecified atom stereocenters. The molecule has 0 radical (unpaired) electrons. The van der Waals surface area contributed by atoms with Crippen LogP contribution in [0.2, 0.25) is 0 Å². The lowest BCUT2D eigenvalue weighted by molar-refractivity contribution is -0.128. The van der Waals surface area contributed by atoms with Gasteiger partial charge in [0.05, 0.1) is 13.0 Å². The molecule has 0 bridgehead atoms. The number of carbonyl (C=O) groups is 1. The number of likely N-dealkylation sites (N-methyl/N-ethyl adjacent to an activating group) is 1. The Morgan fingerprint density at radius 1 is 1.54 bits per heavy atom. The van der Waals surface area contributed by atoms with Crippen molar-refractivity contribution in [1.29, 1.82) is 0 Å². The van der Waals surface area contributed by atoms with E-state index in [0.717, 1.165) is 18.7 Å². The van der Waals surface area contributed by atoms with Crippen molar-refractivity contribution < 1.29 is 4.79 Å². The van der Waals surface area contributed by atoms with E-state index in [0.29, 0.717) is 13.0 Å². The molecule has 74 valence electrons. The van der Waals surface area contributed by atoms with E-state index < -0.39 is 0 Å². The summed E-state index contributed by atoms with van der Waals surface area (Å²) in [4.78, 5) is 13.4. The number of carbonyl (C=O) groups excluding carboxylic acids is 1. The van der Waals surface area contributed by atoms with Gasteiger partial charge in [0.2, 0.25) is 5.91 Å². The maximum atomic E-state index is 11.3. The maximum Gasteiger partial charge on any atom is 0.248 e. The number of hydrazone groups is 1. The van der Waals surface area contributed by atoms with E-state index in [2.05, 4.69) is 5.10 Å². The second-order valence-corrected chi connectivity index (χ2v) is 3.52. The molecule has 4 nitrogen and oxygen atoms in total. The summed E-state index contributed by atoms with van der Waals surface area (Å²) in [7, 11) is 3.98. The highest BCUT2D eigenvalue weighted by Crippen LogP contribution is 2.09. The Balaban J connectivity index is 2.41. The Morgan fingerprint density at radius 3 is 2.69 bits per heavy atom. The molecule has 0 aromatic carbocycles. The monoisotopic (exact) mass is 183 g/mol. The number of hydrogen-bond donors (Lipinski definition) is 0. The molecule has 4 heteroatoms. The summed E-state index contributed by atoms with van der Waals surface area (Å²) >= 11 is 0. The first kappa shape index (κ1) is 10.2. The molecule has 0 N–H and O–H groups in total. The molecule has 0 saturated carbocycles. The maximum absolute atomic E-state index is 11.3. The summed E-state index contributed by atoms with van der Waals surface area (Å²) in [5.41, 5.74) is 1.00. The van der Waals surface area contributed by atoms with E-state index in [1.165, 1.54) is 0 Å². The largest absolute Gasteiger partial charge is 0.308 e. The van der Waals surface area contributed by atoms with Crippen LogP contribution in [0.3, 0.4) is 0 Å². The fourth-order valence-electron chi connectivity index (χ4n) is 1.19. The second kappa shape index (κ2) is 4.37. The zero-order chi connectivity index (χ0) is 9.84. The van der Waals surface area contributed by atoms with Crippen LogP contribution in [0.4, 0.5) is 0 Å². The van der Waals surface area contributed by atoms with Gasteiger partial charge in [0, 0.05) is 12.3 Å². The van der Waals surface area contributed by atoms with Gasteiger partial charge >= 0.3 is 0 Å². The first-order chi connectivity index (χ1) is 6.13. The Kier molecular flexibility index (Phi) is 3.42. The van der Waals surface area contributed by atoms with Crippen LogP contribution in [-0.4, -0.2) is 48.7 Å². The van der Waals surface area contributed by atoms with Gasteiger partial charge in [-0.15, -0.1) is 0 Å². The van der Waals surface area contributed by atoms with Crippen LogP contribution < -0.4 is 0 Å². The minimum absolute atomic E-state index is 0.138. The van der Waals surface area contributed by atoms with Crippen LogP contribution in [0.1, 0.15) is 19.8 Å². The second-order valence-electron chi connectivity index (χ2n) is 3.52. The fraction of sp³-hybridized carbons (Fsp3) is 0.778. The molecule has 0 aromatic rings. The van der Waals surface area contributed by atoms with Gasteiger partial charge in [-0.05, 0) is 20.5 Å². The van der Waals surface area contributed by atoms with Crippen molar-refractivity contribution in [2.75, 3.05) is 27.2 Å². The highest BCUT2D eigenvalue weighted by Gasteiger charge is 2.21. The third-order valence-corrected chi connectivity index (χ3v) is 2.07. The molecular weight excluding hydrogens is 166 g/mol. The van der Waals surface area contributed by atoms with Crippen LogP contribution in [0.5, 0.6) is 0 Å². The normalized spacial score (nSPS) is 17.1. The van der Waals surface area contributed by atoms with Crippen molar-refractivity contribution in [2.24, 2.45) is 5.10 Å². The SMILES string of the molecule is CCC1=NN(CCN(C)C)C(=O)C1. The lowest BCUT2D eigenvalue weighted by Gasteiger charge is -2.14. The summed E-state index contributed by atoms with van der Waals surface area (Å²) in [6.45, 7) is 3.60. The molecule has 0 saturated heterocycles. The molecule has 1 heterocycles. The fourth-order valence-corrected chi connectivity index (χ4v) is 1.19. The molecular formula is C9H17N3O. The first-order valence-electron chi connectivity index (χ1n) is 4.65. The average molecular weight is 183 g/mol. The molecule has 13 heavy (non-hydrogen) atoms. The van der Waals surface area contributed by atoms with E-state index in [9.17, 15) is 4.79 Å². The molecule has 0 fully saturated rings. The van der Waals surface area contributed by atoms with E-state index >= 15 is 0 Å². The highest BCUT2D eigenvalue weighted by atomic mass is 16.2.